The first-order valence-electron chi connectivity index (χ1n) is 9.15. The van der Waals surface area contributed by atoms with Crippen LogP contribution >= 0.6 is 23.2 Å². The number of rotatable bonds is 7. The topological polar surface area (TPSA) is 138 Å². The van der Waals surface area contributed by atoms with Crippen LogP contribution in [0, 0.1) is 0 Å². The molecule has 0 unspecified atom stereocenters. The molecule has 0 aliphatic carbocycles. The van der Waals surface area contributed by atoms with Crippen molar-refractivity contribution < 1.29 is 9.53 Å². The van der Waals surface area contributed by atoms with E-state index >= 15 is 0 Å². The summed E-state index contributed by atoms with van der Waals surface area (Å²) in [6.07, 6.45) is 4.77. The number of halogens is 2. The third-order valence-electron chi connectivity index (χ3n) is 4.49. The molecule has 1 atom stereocenters. The molecule has 5 N–H and O–H groups in total. The summed E-state index contributed by atoms with van der Waals surface area (Å²) < 4.78 is 6.11. The Hall–Kier alpha value is -2.98. The van der Waals surface area contributed by atoms with Crippen LogP contribution in [0.5, 0.6) is 0 Å². The molecule has 162 valence electrons. The number of nitrogen functional groups attached to an aromatic ring is 1. The van der Waals surface area contributed by atoms with E-state index in [2.05, 4.69) is 15.3 Å². The van der Waals surface area contributed by atoms with Gasteiger partial charge >= 0.3 is 0 Å². The predicted octanol–water partition coefficient (Wildman–Crippen LogP) is 2.81. The molecular formula is C20H20Cl2N6O3. The quantitative estimate of drug-likeness (QED) is 0.490. The highest BCUT2D eigenvalue weighted by atomic mass is 35.5. The summed E-state index contributed by atoms with van der Waals surface area (Å²) in [5.41, 5.74) is 12.1. The van der Waals surface area contributed by atoms with Crippen molar-refractivity contribution in [3.05, 3.63) is 74.5 Å². The molecule has 3 rings (SSSR count). The van der Waals surface area contributed by atoms with Gasteiger partial charge in [-0.15, -0.1) is 0 Å². The largest absolute Gasteiger partial charge is 0.385 e. The summed E-state index contributed by atoms with van der Waals surface area (Å²) in [5.74, 6) is -0.986. The SMILES string of the molecule is COCC[C@H](N)c1cncc(NC(=O)c2c(N)ncn(-c3c(Cl)cccc3Cl)c2=O)c1. The first kappa shape index (κ1) is 22.7. The Balaban J connectivity index is 1.94. The summed E-state index contributed by atoms with van der Waals surface area (Å²) >= 11 is 12.4. The van der Waals surface area contributed by atoms with Crippen molar-refractivity contribution in [3.8, 4) is 5.69 Å². The van der Waals surface area contributed by atoms with Crippen LogP contribution in [0.1, 0.15) is 28.4 Å². The molecular weight excluding hydrogens is 443 g/mol. The number of benzene rings is 1. The van der Waals surface area contributed by atoms with Gasteiger partial charge in [-0.3, -0.25) is 19.1 Å². The summed E-state index contributed by atoms with van der Waals surface area (Å²) in [4.78, 5) is 34.0. The second-order valence-corrected chi connectivity index (χ2v) is 7.41. The number of hydrogen-bond donors (Lipinski definition) is 3. The minimum atomic E-state index is -0.753. The Morgan fingerprint density at radius 2 is 2.00 bits per heavy atom. The van der Waals surface area contributed by atoms with Crippen LogP contribution in [0.4, 0.5) is 11.5 Å². The number of anilines is 2. The summed E-state index contributed by atoms with van der Waals surface area (Å²) in [6, 6.07) is 6.10. The molecule has 0 saturated heterocycles. The summed E-state index contributed by atoms with van der Waals surface area (Å²) in [7, 11) is 1.59. The zero-order valence-electron chi connectivity index (χ0n) is 16.5. The minimum absolute atomic E-state index is 0.199. The highest BCUT2D eigenvalue weighted by Gasteiger charge is 2.21. The molecule has 0 bridgehead atoms. The van der Waals surface area contributed by atoms with Crippen molar-refractivity contribution in [1.29, 1.82) is 0 Å². The molecule has 0 radical (unpaired) electrons. The third kappa shape index (κ3) is 5.02. The van der Waals surface area contributed by atoms with Crippen LogP contribution in [0.25, 0.3) is 5.69 Å². The van der Waals surface area contributed by atoms with Crippen LogP contribution < -0.4 is 22.3 Å². The number of carbonyl (C=O) groups is 1. The average molecular weight is 463 g/mol. The van der Waals surface area contributed by atoms with E-state index in [9.17, 15) is 9.59 Å². The Kier molecular flexibility index (Phi) is 7.24. The fourth-order valence-corrected chi connectivity index (χ4v) is 3.47. The van der Waals surface area contributed by atoms with E-state index in [1.807, 2.05) is 0 Å². The number of pyridine rings is 1. The van der Waals surface area contributed by atoms with Gasteiger partial charge in [-0.25, -0.2) is 4.98 Å². The zero-order chi connectivity index (χ0) is 22.5. The number of nitrogens with two attached hydrogens (primary N) is 2. The van der Waals surface area contributed by atoms with Gasteiger partial charge in [0, 0.05) is 26.0 Å². The number of aromatic nitrogens is 3. The maximum Gasteiger partial charge on any atom is 0.273 e. The number of ether oxygens (including phenoxy) is 1. The van der Waals surface area contributed by atoms with Crippen molar-refractivity contribution in [2.75, 3.05) is 24.8 Å². The molecule has 9 nitrogen and oxygen atoms in total. The Labute approximate surface area is 188 Å². The molecule has 0 fully saturated rings. The van der Waals surface area contributed by atoms with E-state index in [1.165, 1.54) is 12.5 Å². The monoisotopic (exact) mass is 462 g/mol. The molecule has 1 amide bonds. The lowest BCUT2D eigenvalue weighted by atomic mass is 10.1. The molecule has 31 heavy (non-hydrogen) atoms. The number of methoxy groups -OCH3 is 1. The van der Waals surface area contributed by atoms with Crippen LogP contribution in [-0.4, -0.2) is 34.2 Å². The zero-order valence-corrected chi connectivity index (χ0v) is 18.0. The predicted molar refractivity (Wildman–Crippen MR) is 120 cm³/mol. The Morgan fingerprint density at radius 3 is 2.68 bits per heavy atom. The maximum absolute atomic E-state index is 13.0. The highest BCUT2D eigenvalue weighted by Crippen LogP contribution is 2.27. The van der Waals surface area contributed by atoms with E-state index in [-0.39, 0.29) is 33.2 Å². The van der Waals surface area contributed by atoms with Crippen molar-refractivity contribution in [2.45, 2.75) is 12.5 Å². The normalized spacial score (nSPS) is 11.9. The highest BCUT2D eigenvalue weighted by molar-refractivity contribution is 6.37. The van der Waals surface area contributed by atoms with Gasteiger partial charge in [-0.1, -0.05) is 29.3 Å². The Morgan fingerprint density at radius 1 is 1.29 bits per heavy atom. The number of carbonyl (C=O) groups excluding carboxylic acids is 1. The van der Waals surface area contributed by atoms with Crippen molar-refractivity contribution in [1.82, 2.24) is 14.5 Å². The van der Waals surface area contributed by atoms with Gasteiger partial charge in [0.25, 0.3) is 11.5 Å². The van der Waals surface area contributed by atoms with Gasteiger partial charge in [0.05, 0.1) is 27.6 Å². The van der Waals surface area contributed by atoms with Gasteiger partial charge in [0.2, 0.25) is 0 Å². The van der Waals surface area contributed by atoms with E-state index in [0.29, 0.717) is 24.3 Å². The van der Waals surface area contributed by atoms with E-state index < -0.39 is 11.5 Å². The molecule has 2 heterocycles. The van der Waals surface area contributed by atoms with E-state index in [4.69, 9.17) is 39.4 Å². The third-order valence-corrected chi connectivity index (χ3v) is 5.09. The van der Waals surface area contributed by atoms with E-state index in [0.717, 1.165) is 4.57 Å². The van der Waals surface area contributed by atoms with Gasteiger partial charge in [-0.2, -0.15) is 0 Å². The van der Waals surface area contributed by atoms with Crippen molar-refractivity contribution >= 4 is 40.6 Å². The molecule has 0 aliphatic heterocycles. The summed E-state index contributed by atoms with van der Waals surface area (Å²) in [6.45, 7) is 0.480. The van der Waals surface area contributed by atoms with Crippen LogP contribution in [-0.2, 0) is 4.74 Å². The molecule has 1 aromatic carbocycles. The number of hydrogen-bond acceptors (Lipinski definition) is 7. The molecule has 0 aliphatic rings. The van der Waals surface area contributed by atoms with Crippen molar-refractivity contribution in [3.63, 3.8) is 0 Å². The van der Waals surface area contributed by atoms with E-state index in [1.54, 1.807) is 37.6 Å². The number of para-hydroxylation sites is 1. The number of nitrogens with one attached hydrogen (secondary N) is 1. The number of nitrogens with zero attached hydrogens (tertiary/aromatic N) is 3. The fourth-order valence-electron chi connectivity index (χ4n) is 2.89. The molecule has 0 saturated carbocycles. The van der Waals surface area contributed by atoms with Crippen LogP contribution in [0.15, 0.2) is 47.8 Å². The van der Waals surface area contributed by atoms with Gasteiger partial charge < -0.3 is 21.5 Å². The standard InChI is InChI=1S/C20H20Cl2N6O3/c1-31-6-5-15(23)11-7-12(9-25-8-11)27-19(29)16-18(24)26-10-28(20(16)30)17-13(21)3-2-4-14(17)22/h2-4,7-10,15H,5-6,23-24H2,1H3,(H,27,29)/t15-/m0/s1. The van der Waals surface area contributed by atoms with Crippen LogP contribution in [0.3, 0.4) is 0 Å². The minimum Gasteiger partial charge on any atom is -0.385 e. The van der Waals surface area contributed by atoms with Gasteiger partial charge in [0.1, 0.15) is 17.7 Å². The smallest absolute Gasteiger partial charge is 0.273 e. The molecule has 2 aromatic heterocycles. The summed E-state index contributed by atoms with van der Waals surface area (Å²) in [5, 5.41) is 3.05. The lowest BCUT2D eigenvalue weighted by Crippen LogP contribution is -2.31. The fraction of sp³-hybridized carbons (Fsp3) is 0.200. The second-order valence-electron chi connectivity index (χ2n) is 6.60. The molecule has 0 spiro atoms. The van der Waals surface area contributed by atoms with Crippen LogP contribution in [0.2, 0.25) is 10.0 Å². The van der Waals surface area contributed by atoms with Gasteiger partial charge in [0.15, 0.2) is 0 Å². The lowest BCUT2D eigenvalue weighted by molar-refractivity contribution is 0.102. The first-order chi connectivity index (χ1) is 14.8. The van der Waals surface area contributed by atoms with Crippen molar-refractivity contribution in [2.24, 2.45) is 5.73 Å². The average Bonchev–Trinajstić information content (AvgIpc) is 2.73. The first-order valence-corrected chi connectivity index (χ1v) is 9.91. The Bertz CT molecular complexity index is 1150. The molecule has 3 aromatic rings. The lowest BCUT2D eigenvalue weighted by Gasteiger charge is -2.14. The second kappa shape index (κ2) is 9.88. The molecule has 11 heteroatoms. The van der Waals surface area contributed by atoms with Gasteiger partial charge in [-0.05, 0) is 30.2 Å². The maximum atomic E-state index is 13.0. The number of amides is 1.